The largest absolute Gasteiger partial charge is 0.346 e. The Balaban J connectivity index is -0.0000000269. The molecule has 0 aromatic heterocycles. The fourth-order valence-electron chi connectivity index (χ4n) is 2.90. The molecule has 0 aromatic carbocycles. The minimum absolute atomic E-state index is 0. The number of amides is 3. The number of ketones is 1. The summed E-state index contributed by atoms with van der Waals surface area (Å²) in [5, 5.41) is 3.00. The molecule has 0 aliphatic carbocycles. The first-order valence-corrected chi connectivity index (χ1v) is 15.8. The second kappa shape index (κ2) is 79.7. The Bertz CT molecular complexity index is 656. The van der Waals surface area contributed by atoms with E-state index in [0.29, 0.717) is 25.9 Å². The zero-order chi connectivity index (χ0) is 35.2. The van der Waals surface area contributed by atoms with Gasteiger partial charge in [0.1, 0.15) is 5.78 Å². The molecule has 0 spiro atoms. The number of nitrogens with one attached hydrogen (secondary N) is 1. The molecule has 9 nitrogen and oxygen atoms in total. The van der Waals surface area contributed by atoms with Crippen molar-refractivity contribution < 1.29 is 132 Å². The third-order valence-corrected chi connectivity index (χ3v) is 5.49. The second-order valence-electron chi connectivity index (χ2n) is 8.50. The second-order valence-corrected chi connectivity index (χ2v) is 8.50. The molecule has 12 heteroatoms. The Morgan fingerprint density at radius 1 is 0.706 bits per heavy atom. The van der Waals surface area contributed by atoms with E-state index < -0.39 is 0 Å². The van der Waals surface area contributed by atoms with Gasteiger partial charge in [-0.05, 0) is 46.3 Å². The number of rotatable bonds is 6. The first-order chi connectivity index (χ1) is 20.5. The standard InChI is InChI=1S/C8H13NO.C7H11NO2.C7H13NO.C5H11N.3C2H6.CH5N.5CH4.3Ar/c1-7-3-5-9(6-4-7)8(2)10;1-6(9)8-4-2-7(10)3-5-8;1-4-5-6-8(3)7(2)9;1-3-4-5-6-2;4*1-2;;;;;;;;/h1,3-6H2,2H3;2-5H2,1H3;4H,1,5-6H2,2-3H3;3,6H,1,4-5H2,2H3;3*1-2H3;2H2,1H3;5*1H4;;;. The SMILES string of the molecule is C.C.C.C.C.C=C1CCN(C(C)=O)CC1.C=CCCN(C)C(C)=O.C=CCCNC.CC.CC.CC.CC(=O)N1CCC(=O)CC1.CN.[Ar].[Ar].[Ar]. The molecule has 2 rings (SSSR count). The first-order valence-electron chi connectivity index (χ1n) is 15.8. The molecular weight excluding hydrogens is 722 g/mol. The van der Waals surface area contributed by atoms with Crippen LogP contribution < -0.4 is 11.1 Å². The van der Waals surface area contributed by atoms with Gasteiger partial charge in [0.2, 0.25) is 17.7 Å². The van der Waals surface area contributed by atoms with Gasteiger partial charge in [0, 0.05) is 187 Å². The molecule has 0 atom stereocenters. The smallest absolute Gasteiger partial charge is 0.219 e. The fraction of sp³-hybridized carbons (Fsp3) is 0.744. The topological polar surface area (TPSA) is 116 Å². The van der Waals surface area contributed by atoms with E-state index in [-0.39, 0.29) is 174 Å². The normalized spacial score (nSPS) is 10.5. The van der Waals surface area contributed by atoms with Crippen LogP contribution in [-0.4, -0.2) is 98.6 Å². The predicted molar refractivity (Wildman–Crippen MR) is 222 cm³/mol. The fourth-order valence-corrected chi connectivity index (χ4v) is 2.90. The summed E-state index contributed by atoms with van der Waals surface area (Å²) in [4.78, 5) is 48.0. The summed E-state index contributed by atoms with van der Waals surface area (Å²) in [7, 11) is 5.22. The summed E-state index contributed by atoms with van der Waals surface area (Å²) in [5.41, 5.74) is 5.78. The van der Waals surface area contributed by atoms with E-state index in [1.54, 1.807) is 36.8 Å². The first kappa shape index (κ1) is 93.7. The van der Waals surface area contributed by atoms with Gasteiger partial charge in [-0.2, -0.15) is 0 Å². The maximum absolute atomic E-state index is 10.8. The van der Waals surface area contributed by atoms with E-state index >= 15 is 0 Å². The van der Waals surface area contributed by atoms with Crippen LogP contribution in [0.3, 0.4) is 0 Å². The maximum Gasteiger partial charge on any atom is 0.219 e. The van der Waals surface area contributed by atoms with Gasteiger partial charge in [0.15, 0.2) is 0 Å². The number of likely N-dealkylation sites (tertiary alicyclic amines) is 2. The summed E-state index contributed by atoms with van der Waals surface area (Å²) < 4.78 is 0. The van der Waals surface area contributed by atoms with Crippen molar-refractivity contribution in [2.45, 2.75) is 138 Å². The van der Waals surface area contributed by atoms with Crippen LogP contribution in [0, 0.1) is 113 Å². The van der Waals surface area contributed by atoms with Crippen LogP contribution in [0.25, 0.3) is 0 Å². The van der Waals surface area contributed by atoms with E-state index in [1.807, 2.05) is 59.6 Å². The van der Waals surface area contributed by atoms with Crippen molar-refractivity contribution in [3.63, 3.8) is 0 Å². The number of hydrogen-bond acceptors (Lipinski definition) is 6. The van der Waals surface area contributed by atoms with Gasteiger partial charge in [0.05, 0.1) is 0 Å². The number of nitrogens with two attached hydrogens (primary N) is 1. The van der Waals surface area contributed by atoms with Crippen LogP contribution in [0.1, 0.15) is 138 Å². The predicted octanol–water partition coefficient (Wildman–Crippen LogP) is 9.04. The Morgan fingerprint density at radius 3 is 1.22 bits per heavy atom. The molecule has 2 heterocycles. The molecule has 2 fully saturated rings. The van der Waals surface area contributed by atoms with Crippen LogP contribution in [0.5, 0.6) is 0 Å². The number of carbonyl (C=O) groups is 4. The van der Waals surface area contributed by atoms with E-state index in [2.05, 4.69) is 30.8 Å². The van der Waals surface area contributed by atoms with Gasteiger partial charge >= 0.3 is 0 Å². The van der Waals surface area contributed by atoms with Crippen molar-refractivity contribution in [3.05, 3.63) is 37.5 Å². The van der Waals surface area contributed by atoms with Gasteiger partial charge < -0.3 is 25.8 Å². The summed E-state index contributed by atoms with van der Waals surface area (Å²) in [5.74, 6) is 0.648. The maximum atomic E-state index is 10.8. The Hall–Kier alpha value is 0.999. The van der Waals surface area contributed by atoms with Gasteiger partial charge in [0.25, 0.3) is 0 Å². The van der Waals surface area contributed by atoms with Gasteiger partial charge in [-0.1, -0.05) is 103 Å². The van der Waals surface area contributed by atoms with Crippen molar-refractivity contribution >= 4 is 23.5 Å². The third kappa shape index (κ3) is 76.5. The quantitative estimate of drug-likeness (QED) is 0.204. The van der Waals surface area contributed by atoms with Crippen molar-refractivity contribution in [2.75, 3.05) is 60.4 Å². The minimum atomic E-state index is 0. The van der Waals surface area contributed by atoms with Crippen molar-refractivity contribution in [1.82, 2.24) is 20.0 Å². The molecular formula is C39H91Ar3N5O4. The van der Waals surface area contributed by atoms with E-state index in [4.69, 9.17) is 0 Å². The van der Waals surface area contributed by atoms with Gasteiger partial charge in [-0.25, -0.2) is 0 Å². The zero-order valence-corrected chi connectivity index (χ0v) is 33.5. The van der Waals surface area contributed by atoms with E-state index in [1.165, 1.54) is 19.5 Å². The molecule has 0 radical (unpaired) electrons. The van der Waals surface area contributed by atoms with Crippen molar-refractivity contribution in [1.29, 1.82) is 0 Å². The van der Waals surface area contributed by atoms with E-state index in [0.717, 1.165) is 51.9 Å². The van der Waals surface area contributed by atoms with Crippen molar-refractivity contribution in [2.24, 2.45) is 5.73 Å². The van der Waals surface area contributed by atoms with Crippen LogP contribution in [0.2, 0.25) is 0 Å². The number of nitrogens with zero attached hydrogens (tertiary/aromatic N) is 3. The number of hydrogen-bond donors (Lipinski definition) is 2. The molecule has 320 valence electrons. The van der Waals surface area contributed by atoms with Crippen LogP contribution in [0.15, 0.2) is 37.5 Å². The Labute approximate surface area is 412 Å². The molecule has 3 amide bonds. The molecule has 2 aliphatic rings. The number of piperidine rings is 2. The molecule has 0 bridgehead atoms. The van der Waals surface area contributed by atoms with Gasteiger partial charge in [-0.3, -0.25) is 19.2 Å². The molecule has 2 saturated heterocycles. The summed E-state index contributed by atoms with van der Waals surface area (Å²) in [6.45, 7) is 32.5. The molecule has 51 heavy (non-hydrogen) atoms. The summed E-state index contributed by atoms with van der Waals surface area (Å²) >= 11 is 0. The van der Waals surface area contributed by atoms with Crippen LogP contribution >= 0.6 is 0 Å². The Kier molecular flexibility index (Phi) is 146. The van der Waals surface area contributed by atoms with E-state index in [9.17, 15) is 19.2 Å². The third-order valence-electron chi connectivity index (χ3n) is 5.49. The Morgan fingerprint density at radius 2 is 1.00 bits per heavy atom. The molecule has 3 N–H and O–H groups in total. The zero-order valence-electron chi connectivity index (χ0n) is 31.4. The van der Waals surface area contributed by atoms with Gasteiger partial charge in [-0.15, -0.1) is 13.2 Å². The average Bonchev–Trinajstić information content (AvgIpc) is 3.04. The number of Topliss-reactive ketones (excluding diaryl/α,β-unsaturated/α-hetero) is 1. The van der Waals surface area contributed by atoms with Crippen molar-refractivity contribution in [3.8, 4) is 0 Å². The van der Waals surface area contributed by atoms with Crippen LogP contribution in [0.4, 0.5) is 0 Å². The molecule has 0 aromatic rings. The molecule has 0 unspecified atom stereocenters. The number of carbonyl (C=O) groups excluding carboxylic acids is 4. The summed E-state index contributed by atoms with van der Waals surface area (Å²) in [6.07, 6.45) is 8.70. The summed E-state index contributed by atoms with van der Waals surface area (Å²) in [6, 6.07) is 0. The molecule has 2 aliphatic heterocycles. The monoisotopic (exact) mass is 814 g/mol. The minimum Gasteiger partial charge on any atom is -0.346 e. The average molecular weight is 814 g/mol. The molecule has 0 saturated carbocycles. The van der Waals surface area contributed by atoms with Crippen LogP contribution in [-0.2, 0) is 19.2 Å².